The summed E-state index contributed by atoms with van der Waals surface area (Å²) in [5.41, 5.74) is 1.99. The number of ether oxygens (including phenoxy) is 1. The highest BCUT2D eigenvalue weighted by Crippen LogP contribution is 2.27. The Morgan fingerprint density at radius 1 is 1.24 bits per heavy atom. The van der Waals surface area contributed by atoms with Crippen molar-refractivity contribution in [3.05, 3.63) is 41.9 Å². The number of nitrogens with zero attached hydrogens (tertiary/aromatic N) is 3. The smallest absolute Gasteiger partial charge is 0.150 e. The average Bonchev–Trinajstić information content (AvgIpc) is 2.46. The monoisotopic (exact) mass is 286 g/mol. The second-order valence-electron chi connectivity index (χ2n) is 4.87. The van der Waals surface area contributed by atoms with Gasteiger partial charge in [-0.05, 0) is 26.0 Å². The fourth-order valence-electron chi connectivity index (χ4n) is 2.21. The van der Waals surface area contributed by atoms with Crippen LogP contribution in [0.5, 0.6) is 5.75 Å². The number of anilines is 2. The average molecular weight is 286 g/mol. The highest BCUT2D eigenvalue weighted by Gasteiger charge is 2.10. The lowest BCUT2D eigenvalue weighted by molar-refractivity contribution is 0.414. The number of rotatable bonds is 6. The van der Waals surface area contributed by atoms with Crippen molar-refractivity contribution in [2.45, 2.75) is 20.4 Å². The predicted molar refractivity (Wildman–Crippen MR) is 86.0 cm³/mol. The highest BCUT2D eigenvalue weighted by atomic mass is 16.5. The number of benzene rings is 1. The van der Waals surface area contributed by atoms with Crippen molar-refractivity contribution in [1.29, 1.82) is 0 Å². The van der Waals surface area contributed by atoms with Crippen molar-refractivity contribution in [3.8, 4) is 5.75 Å². The second-order valence-corrected chi connectivity index (χ2v) is 4.87. The number of para-hydroxylation sites is 2. The molecule has 0 aliphatic carbocycles. The van der Waals surface area contributed by atoms with Gasteiger partial charge in [-0.25, -0.2) is 9.97 Å². The molecule has 112 valence electrons. The van der Waals surface area contributed by atoms with Crippen LogP contribution in [0.15, 0.2) is 30.3 Å². The maximum Gasteiger partial charge on any atom is 0.150 e. The number of hydrogen-bond donors (Lipinski definition) is 1. The minimum atomic E-state index is 0.625. The van der Waals surface area contributed by atoms with Gasteiger partial charge in [0, 0.05) is 25.4 Å². The molecule has 0 radical (unpaired) electrons. The third-order valence-electron chi connectivity index (χ3n) is 3.13. The molecule has 0 saturated carbocycles. The first-order valence-electron chi connectivity index (χ1n) is 7.06. The second kappa shape index (κ2) is 6.92. The summed E-state index contributed by atoms with van der Waals surface area (Å²) < 4.78 is 5.40. The molecular weight excluding hydrogens is 264 g/mol. The Morgan fingerprint density at radius 3 is 2.71 bits per heavy atom. The zero-order valence-corrected chi connectivity index (χ0v) is 13.1. The molecule has 0 saturated heterocycles. The Labute approximate surface area is 126 Å². The molecular formula is C16H22N4O. The Balaban J connectivity index is 2.21. The lowest BCUT2D eigenvalue weighted by Gasteiger charge is -2.21. The molecule has 0 aliphatic rings. The Hall–Kier alpha value is -2.30. The molecule has 1 aromatic heterocycles. The Morgan fingerprint density at radius 2 is 2.00 bits per heavy atom. The summed E-state index contributed by atoms with van der Waals surface area (Å²) in [6, 6.07) is 9.89. The molecule has 5 nitrogen and oxygen atoms in total. The molecule has 2 rings (SSSR count). The van der Waals surface area contributed by atoms with Gasteiger partial charge < -0.3 is 15.0 Å². The Kier molecular flexibility index (Phi) is 4.98. The van der Waals surface area contributed by atoms with Crippen LogP contribution in [0.2, 0.25) is 0 Å². The van der Waals surface area contributed by atoms with Gasteiger partial charge in [-0.3, -0.25) is 0 Å². The molecule has 0 atom stereocenters. The highest BCUT2D eigenvalue weighted by molar-refractivity contribution is 5.57. The number of aryl methyl sites for hydroxylation is 1. The van der Waals surface area contributed by atoms with Crippen LogP contribution >= 0.6 is 0 Å². The predicted octanol–water partition coefficient (Wildman–Crippen LogP) is 2.86. The Bertz CT molecular complexity index is 601. The fraction of sp³-hybridized carbons (Fsp3) is 0.375. The van der Waals surface area contributed by atoms with E-state index in [1.54, 1.807) is 7.11 Å². The van der Waals surface area contributed by atoms with Gasteiger partial charge in [-0.15, -0.1) is 0 Å². The molecule has 21 heavy (non-hydrogen) atoms. The van der Waals surface area contributed by atoms with E-state index >= 15 is 0 Å². The third-order valence-corrected chi connectivity index (χ3v) is 3.13. The summed E-state index contributed by atoms with van der Waals surface area (Å²) in [6.45, 7) is 5.51. The normalized spacial score (nSPS) is 10.3. The zero-order chi connectivity index (χ0) is 15.2. The lowest BCUT2D eigenvalue weighted by atomic mass is 10.2. The molecule has 0 fully saturated rings. The summed E-state index contributed by atoms with van der Waals surface area (Å²) in [6.07, 6.45) is 0. The fourth-order valence-corrected chi connectivity index (χ4v) is 2.21. The van der Waals surface area contributed by atoms with Gasteiger partial charge in [0.15, 0.2) is 0 Å². The van der Waals surface area contributed by atoms with Crippen LogP contribution in [0, 0.1) is 6.92 Å². The molecule has 0 bridgehead atoms. The van der Waals surface area contributed by atoms with Crippen LogP contribution in [0.1, 0.15) is 18.4 Å². The van der Waals surface area contributed by atoms with Gasteiger partial charge in [-0.2, -0.15) is 0 Å². The molecule has 1 heterocycles. The number of methoxy groups -OCH3 is 1. The SMILES string of the molecule is CCNc1cc(C)nc(CN(C)c2ccccc2OC)n1. The van der Waals surface area contributed by atoms with Crippen molar-refractivity contribution < 1.29 is 4.74 Å². The van der Waals surface area contributed by atoms with Gasteiger partial charge in [0.1, 0.15) is 17.4 Å². The first-order chi connectivity index (χ1) is 10.1. The van der Waals surface area contributed by atoms with Gasteiger partial charge in [0.05, 0.1) is 19.3 Å². The van der Waals surface area contributed by atoms with E-state index in [1.807, 2.05) is 44.3 Å². The van der Waals surface area contributed by atoms with Crippen LogP contribution < -0.4 is 15.0 Å². The molecule has 0 unspecified atom stereocenters. The van der Waals surface area contributed by atoms with Crippen LogP contribution in [0.3, 0.4) is 0 Å². The van der Waals surface area contributed by atoms with Crippen LogP contribution in [0.4, 0.5) is 11.5 Å². The third kappa shape index (κ3) is 3.84. The van der Waals surface area contributed by atoms with Crippen molar-refractivity contribution in [2.24, 2.45) is 0 Å². The summed E-state index contributed by atoms with van der Waals surface area (Å²) >= 11 is 0. The van der Waals surface area contributed by atoms with Crippen LogP contribution in [-0.4, -0.2) is 30.7 Å². The van der Waals surface area contributed by atoms with Crippen molar-refractivity contribution in [2.75, 3.05) is 30.9 Å². The van der Waals surface area contributed by atoms with E-state index in [4.69, 9.17) is 4.74 Å². The standard InChI is InChI=1S/C16H22N4O/c1-5-17-15-10-12(2)18-16(19-15)11-20(3)13-8-6-7-9-14(13)21-4/h6-10H,5,11H2,1-4H3,(H,17,18,19). The molecule has 0 spiro atoms. The van der Waals surface area contributed by atoms with E-state index in [9.17, 15) is 0 Å². The van der Waals surface area contributed by atoms with Gasteiger partial charge in [-0.1, -0.05) is 12.1 Å². The summed E-state index contributed by atoms with van der Waals surface area (Å²) in [7, 11) is 3.69. The first kappa shape index (κ1) is 15.1. The molecule has 0 aliphatic heterocycles. The van der Waals surface area contributed by atoms with Crippen LogP contribution in [0.25, 0.3) is 0 Å². The summed E-state index contributed by atoms with van der Waals surface area (Å²) in [5, 5.41) is 3.23. The summed E-state index contributed by atoms with van der Waals surface area (Å²) in [4.78, 5) is 11.1. The van der Waals surface area contributed by atoms with Crippen molar-refractivity contribution >= 4 is 11.5 Å². The molecule has 0 amide bonds. The minimum absolute atomic E-state index is 0.625. The van der Waals surface area contributed by atoms with E-state index in [0.717, 1.165) is 35.3 Å². The summed E-state index contributed by atoms with van der Waals surface area (Å²) in [5.74, 6) is 2.51. The van der Waals surface area contributed by atoms with Crippen LogP contribution in [-0.2, 0) is 6.54 Å². The topological polar surface area (TPSA) is 50.3 Å². The van der Waals surface area contributed by atoms with E-state index in [2.05, 4.69) is 27.1 Å². The number of hydrogen-bond acceptors (Lipinski definition) is 5. The largest absolute Gasteiger partial charge is 0.495 e. The van der Waals surface area contributed by atoms with Gasteiger partial charge >= 0.3 is 0 Å². The van der Waals surface area contributed by atoms with E-state index in [-0.39, 0.29) is 0 Å². The van der Waals surface area contributed by atoms with Crippen molar-refractivity contribution in [1.82, 2.24) is 9.97 Å². The molecule has 1 aromatic carbocycles. The molecule has 5 heteroatoms. The quantitative estimate of drug-likeness (QED) is 0.885. The number of aromatic nitrogens is 2. The molecule has 2 aromatic rings. The van der Waals surface area contributed by atoms with E-state index < -0.39 is 0 Å². The maximum atomic E-state index is 5.40. The number of nitrogens with one attached hydrogen (secondary N) is 1. The minimum Gasteiger partial charge on any atom is -0.495 e. The van der Waals surface area contributed by atoms with E-state index in [0.29, 0.717) is 6.54 Å². The van der Waals surface area contributed by atoms with E-state index in [1.165, 1.54) is 0 Å². The maximum absolute atomic E-state index is 5.40. The zero-order valence-electron chi connectivity index (χ0n) is 13.1. The first-order valence-corrected chi connectivity index (χ1v) is 7.06. The van der Waals surface area contributed by atoms with Gasteiger partial charge in [0.2, 0.25) is 0 Å². The van der Waals surface area contributed by atoms with Crippen molar-refractivity contribution in [3.63, 3.8) is 0 Å². The lowest BCUT2D eigenvalue weighted by Crippen LogP contribution is -2.19. The van der Waals surface area contributed by atoms with Gasteiger partial charge in [0.25, 0.3) is 0 Å². The molecule has 1 N–H and O–H groups in total.